The monoisotopic (exact) mass is 302 g/mol. The minimum Gasteiger partial charge on any atom is -0.288 e. The lowest BCUT2D eigenvalue weighted by molar-refractivity contribution is -0.137. The van der Waals surface area contributed by atoms with E-state index >= 15 is 0 Å². The van der Waals surface area contributed by atoms with Crippen molar-refractivity contribution in [1.82, 2.24) is 0 Å². The molecule has 1 heterocycles. The van der Waals surface area contributed by atoms with Gasteiger partial charge in [-0.1, -0.05) is 18.2 Å². The van der Waals surface area contributed by atoms with Crippen molar-refractivity contribution >= 4 is 11.6 Å². The zero-order valence-corrected chi connectivity index (χ0v) is 11.1. The van der Waals surface area contributed by atoms with E-state index in [1.54, 1.807) is 24.3 Å². The van der Waals surface area contributed by atoms with Crippen molar-refractivity contribution in [2.75, 3.05) is 4.90 Å². The van der Waals surface area contributed by atoms with E-state index < -0.39 is 17.8 Å². The maximum Gasteiger partial charge on any atom is 0.416 e. The summed E-state index contributed by atoms with van der Waals surface area (Å²) in [6, 6.07) is 12.1. The van der Waals surface area contributed by atoms with E-state index in [0.717, 1.165) is 12.1 Å². The van der Waals surface area contributed by atoms with Crippen LogP contribution in [-0.4, -0.2) is 5.91 Å². The Hall–Kier alpha value is -2.81. The summed E-state index contributed by atoms with van der Waals surface area (Å²) in [6.07, 6.45) is -4.44. The molecule has 0 bridgehead atoms. The number of rotatable bonds is 1. The van der Waals surface area contributed by atoms with Gasteiger partial charge in [-0.15, -0.1) is 0 Å². The van der Waals surface area contributed by atoms with Crippen molar-refractivity contribution in [2.24, 2.45) is 0 Å². The van der Waals surface area contributed by atoms with Crippen LogP contribution < -0.4 is 4.90 Å². The first-order valence-corrected chi connectivity index (χ1v) is 6.43. The average Bonchev–Trinajstić information content (AvgIpc) is 2.79. The van der Waals surface area contributed by atoms with Gasteiger partial charge in [-0.3, -0.25) is 9.69 Å². The van der Waals surface area contributed by atoms with Gasteiger partial charge in [0, 0.05) is 16.8 Å². The predicted octanol–water partition coefficient (Wildman–Crippen LogP) is 3.93. The van der Waals surface area contributed by atoms with E-state index in [1.807, 2.05) is 6.07 Å². The number of hydrogen-bond donors (Lipinski definition) is 0. The van der Waals surface area contributed by atoms with Crippen molar-refractivity contribution in [3.05, 3.63) is 65.2 Å². The van der Waals surface area contributed by atoms with Crippen molar-refractivity contribution in [2.45, 2.75) is 12.2 Å². The summed E-state index contributed by atoms with van der Waals surface area (Å²) >= 11 is 0. The fourth-order valence-electron chi connectivity index (χ4n) is 2.52. The molecule has 3 rings (SSSR count). The summed E-state index contributed by atoms with van der Waals surface area (Å²) < 4.78 is 37.8. The van der Waals surface area contributed by atoms with Gasteiger partial charge in [-0.25, -0.2) is 0 Å². The number of nitriles is 1. The molecule has 1 amide bonds. The Bertz CT molecular complexity index is 775. The molecule has 6 heteroatoms. The Kier molecular flexibility index (Phi) is 3.14. The maximum atomic E-state index is 12.6. The summed E-state index contributed by atoms with van der Waals surface area (Å²) in [4.78, 5) is 13.6. The number of benzene rings is 2. The Morgan fingerprint density at radius 2 is 1.68 bits per heavy atom. The second-order valence-electron chi connectivity index (χ2n) is 4.84. The molecule has 1 atom stereocenters. The average molecular weight is 302 g/mol. The van der Waals surface area contributed by atoms with Crippen LogP contribution in [-0.2, 0) is 6.18 Å². The lowest BCUT2D eigenvalue weighted by Gasteiger charge is -2.20. The molecule has 0 fully saturated rings. The molecule has 22 heavy (non-hydrogen) atoms. The Labute approximate surface area is 124 Å². The highest BCUT2D eigenvalue weighted by atomic mass is 19.4. The first kappa shape index (κ1) is 14.1. The number of carbonyl (C=O) groups excluding carboxylic acids is 1. The lowest BCUT2D eigenvalue weighted by atomic mass is 10.1. The highest BCUT2D eigenvalue weighted by molar-refractivity contribution is 6.11. The largest absolute Gasteiger partial charge is 0.416 e. The van der Waals surface area contributed by atoms with Gasteiger partial charge in [0.15, 0.2) is 6.04 Å². The van der Waals surface area contributed by atoms with Crippen molar-refractivity contribution in [3.8, 4) is 6.07 Å². The highest BCUT2D eigenvalue weighted by Gasteiger charge is 2.38. The predicted molar refractivity (Wildman–Crippen MR) is 73.0 cm³/mol. The third-order valence-corrected chi connectivity index (χ3v) is 3.56. The van der Waals surface area contributed by atoms with E-state index in [-0.39, 0.29) is 11.6 Å². The summed E-state index contributed by atoms with van der Waals surface area (Å²) in [7, 11) is 0. The third kappa shape index (κ3) is 2.11. The Balaban J connectivity index is 2.03. The number of amides is 1. The standard InChI is InChI=1S/C16H9F3N2O/c17-16(18,19)10-5-7-11(8-6-10)21-14(9-20)12-3-1-2-4-13(12)15(21)22/h1-8,14H. The van der Waals surface area contributed by atoms with E-state index in [0.29, 0.717) is 11.1 Å². The molecule has 2 aromatic carbocycles. The van der Waals surface area contributed by atoms with Crippen LogP contribution in [0.4, 0.5) is 18.9 Å². The van der Waals surface area contributed by atoms with Gasteiger partial charge in [0.2, 0.25) is 0 Å². The van der Waals surface area contributed by atoms with Crippen LogP contribution in [0.25, 0.3) is 0 Å². The first-order chi connectivity index (χ1) is 10.4. The quantitative estimate of drug-likeness (QED) is 0.801. The zero-order chi connectivity index (χ0) is 15.9. The number of fused-ring (bicyclic) bond motifs is 1. The first-order valence-electron chi connectivity index (χ1n) is 6.43. The molecule has 0 aromatic heterocycles. The molecule has 0 spiro atoms. The molecular weight excluding hydrogens is 293 g/mol. The fourth-order valence-corrected chi connectivity index (χ4v) is 2.52. The maximum absolute atomic E-state index is 12.6. The number of halogens is 3. The van der Waals surface area contributed by atoms with Crippen LogP contribution in [0.1, 0.15) is 27.5 Å². The van der Waals surface area contributed by atoms with Crippen LogP contribution in [0.3, 0.4) is 0 Å². The van der Waals surface area contributed by atoms with Gasteiger partial charge in [0.1, 0.15) is 0 Å². The lowest BCUT2D eigenvalue weighted by Crippen LogP contribution is -2.27. The number of carbonyl (C=O) groups is 1. The van der Waals surface area contributed by atoms with Gasteiger partial charge in [-0.2, -0.15) is 18.4 Å². The van der Waals surface area contributed by atoms with Gasteiger partial charge >= 0.3 is 6.18 Å². The van der Waals surface area contributed by atoms with Gasteiger partial charge in [0.25, 0.3) is 5.91 Å². The minimum atomic E-state index is -4.44. The van der Waals surface area contributed by atoms with Crippen LogP contribution in [0, 0.1) is 11.3 Å². The SMILES string of the molecule is N#CC1c2ccccc2C(=O)N1c1ccc(C(F)(F)F)cc1. The molecule has 2 aromatic rings. The molecule has 0 radical (unpaired) electrons. The second kappa shape index (κ2) is 4.88. The highest BCUT2D eigenvalue weighted by Crippen LogP contribution is 2.38. The zero-order valence-electron chi connectivity index (χ0n) is 11.1. The molecule has 1 aliphatic rings. The van der Waals surface area contributed by atoms with Crippen LogP contribution in [0.5, 0.6) is 0 Å². The smallest absolute Gasteiger partial charge is 0.288 e. The topological polar surface area (TPSA) is 44.1 Å². The van der Waals surface area contributed by atoms with Crippen LogP contribution in [0.2, 0.25) is 0 Å². The number of anilines is 1. The minimum absolute atomic E-state index is 0.265. The van der Waals surface area contributed by atoms with Crippen molar-refractivity contribution < 1.29 is 18.0 Å². The Morgan fingerprint density at radius 1 is 1.05 bits per heavy atom. The summed E-state index contributed by atoms with van der Waals surface area (Å²) in [5.41, 5.74) is 0.429. The molecular formula is C16H9F3N2O. The molecule has 0 aliphatic carbocycles. The Morgan fingerprint density at radius 3 is 2.27 bits per heavy atom. The number of alkyl halides is 3. The van der Waals surface area contributed by atoms with Crippen LogP contribution >= 0.6 is 0 Å². The van der Waals surface area contributed by atoms with E-state index in [1.165, 1.54) is 17.0 Å². The summed E-state index contributed by atoms with van der Waals surface area (Å²) in [5.74, 6) is -0.387. The normalized spacial score (nSPS) is 17.3. The third-order valence-electron chi connectivity index (χ3n) is 3.56. The molecule has 1 unspecified atom stereocenters. The molecule has 110 valence electrons. The second-order valence-corrected chi connectivity index (χ2v) is 4.84. The molecule has 0 saturated heterocycles. The van der Waals surface area contributed by atoms with Crippen molar-refractivity contribution in [1.29, 1.82) is 5.26 Å². The molecule has 0 N–H and O–H groups in total. The summed E-state index contributed by atoms with van der Waals surface area (Å²) in [6.45, 7) is 0. The number of nitrogens with zero attached hydrogens (tertiary/aromatic N) is 2. The van der Waals surface area contributed by atoms with E-state index in [2.05, 4.69) is 0 Å². The summed E-state index contributed by atoms with van der Waals surface area (Å²) in [5, 5.41) is 9.32. The van der Waals surface area contributed by atoms with Gasteiger partial charge in [0.05, 0.1) is 11.6 Å². The van der Waals surface area contributed by atoms with E-state index in [9.17, 15) is 23.2 Å². The fraction of sp³-hybridized carbons (Fsp3) is 0.125. The van der Waals surface area contributed by atoms with Gasteiger partial charge in [-0.05, 0) is 30.3 Å². The van der Waals surface area contributed by atoms with E-state index in [4.69, 9.17) is 0 Å². The number of hydrogen-bond acceptors (Lipinski definition) is 2. The molecule has 3 nitrogen and oxygen atoms in total. The molecule has 0 saturated carbocycles. The molecule has 1 aliphatic heterocycles. The van der Waals surface area contributed by atoms with Gasteiger partial charge < -0.3 is 0 Å². The van der Waals surface area contributed by atoms with Crippen molar-refractivity contribution in [3.63, 3.8) is 0 Å². The van der Waals surface area contributed by atoms with Crippen LogP contribution in [0.15, 0.2) is 48.5 Å².